The van der Waals surface area contributed by atoms with Gasteiger partial charge in [-0.05, 0) is 58.7 Å². The maximum Gasteiger partial charge on any atom is 0.0558 e. The molecular formula is C35H77N3O6. The third-order valence-electron chi connectivity index (χ3n) is 7.44. The van der Waals surface area contributed by atoms with Crippen molar-refractivity contribution in [3.05, 3.63) is 12.2 Å². The van der Waals surface area contributed by atoms with Crippen molar-refractivity contribution >= 4 is 0 Å². The van der Waals surface area contributed by atoms with Gasteiger partial charge in [-0.15, -0.1) is 0 Å². The number of likely N-dealkylation sites (N-methyl/N-ethyl adjacent to an activating group) is 1. The predicted octanol–water partition coefficient (Wildman–Crippen LogP) is 4.29. The van der Waals surface area contributed by atoms with Gasteiger partial charge in [0.1, 0.15) is 0 Å². The van der Waals surface area contributed by atoms with Gasteiger partial charge in [-0.2, -0.15) is 0 Å². The van der Waals surface area contributed by atoms with Gasteiger partial charge in [0.05, 0.1) is 39.6 Å². The second-order valence-corrected chi connectivity index (χ2v) is 11.6. The average Bonchev–Trinajstić information content (AvgIpc) is 3.01. The third-order valence-corrected chi connectivity index (χ3v) is 7.44. The first-order valence-corrected chi connectivity index (χ1v) is 17.9. The van der Waals surface area contributed by atoms with Crippen molar-refractivity contribution in [2.24, 2.45) is 0 Å². The van der Waals surface area contributed by atoms with Gasteiger partial charge >= 0.3 is 0 Å². The highest BCUT2D eigenvalue weighted by molar-refractivity contribution is 4.81. The van der Waals surface area contributed by atoms with Gasteiger partial charge in [-0.3, -0.25) is 9.80 Å². The molecular weight excluding hydrogens is 558 g/mol. The molecule has 9 nitrogen and oxygen atoms in total. The minimum Gasteiger partial charge on any atom is -0.395 e. The van der Waals surface area contributed by atoms with Gasteiger partial charge < -0.3 is 35.5 Å². The van der Waals surface area contributed by atoms with E-state index in [-0.39, 0.29) is 39.6 Å². The fourth-order valence-corrected chi connectivity index (χ4v) is 4.65. The normalized spacial score (nSPS) is 11.4. The molecule has 0 aromatic carbocycles. The molecule has 0 atom stereocenters. The summed E-state index contributed by atoms with van der Waals surface area (Å²) >= 11 is 0. The van der Waals surface area contributed by atoms with Crippen LogP contribution in [0.2, 0.25) is 0 Å². The summed E-state index contributed by atoms with van der Waals surface area (Å²) in [6, 6.07) is 0. The Morgan fingerprint density at radius 2 is 0.682 bits per heavy atom. The standard InChI is InChI=1S/C22H45NO2.C8H19NO2.C5H13NO2/c1-2-3-4-5-6-7-8-9-10-11-12-13-14-15-16-17-18-23(19-21-24)20-22-25;1-2-3-4-9(5-7-10)6-8-11;1-6(2-4-7)3-5-8/h9-10,24-25H,2-8,11-22H2,1H3;10-11H,2-8H2,1H3;7-8H,2-5H2,1H3. The Hall–Kier alpha value is -0.620. The van der Waals surface area contributed by atoms with Crippen LogP contribution in [0.4, 0.5) is 0 Å². The highest BCUT2D eigenvalue weighted by Crippen LogP contribution is 2.10. The van der Waals surface area contributed by atoms with Crippen LogP contribution in [0.15, 0.2) is 12.2 Å². The Kier molecular flexibility index (Phi) is 48.3. The SMILES string of the molecule is CCCCCCCCC=CCCCCCCCCN(CCO)CCO.CCCCN(CCO)CCO.CN(CCO)CCO. The minimum absolute atomic E-state index is 0.163. The molecule has 0 aromatic rings. The number of hydrogen-bond donors (Lipinski definition) is 6. The first-order valence-electron chi connectivity index (χ1n) is 17.9. The quantitative estimate of drug-likeness (QED) is 0.0488. The zero-order chi connectivity index (χ0) is 33.4. The molecule has 0 unspecified atom stereocenters. The van der Waals surface area contributed by atoms with Crippen LogP contribution in [-0.2, 0) is 0 Å². The molecule has 0 heterocycles. The first-order chi connectivity index (χ1) is 21.5. The van der Waals surface area contributed by atoms with Crippen LogP contribution in [0, 0.1) is 0 Å². The van der Waals surface area contributed by atoms with Crippen LogP contribution in [-0.4, -0.2) is 144 Å². The fourth-order valence-electron chi connectivity index (χ4n) is 4.65. The van der Waals surface area contributed by atoms with E-state index in [1.54, 1.807) is 0 Å². The lowest BCUT2D eigenvalue weighted by Crippen LogP contribution is -2.30. The van der Waals surface area contributed by atoms with Crippen molar-refractivity contribution in [3.63, 3.8) is 0 Å². The molecule has 0 amide bonds. The summed E-state index contributed by atoms with van der Waals surface area (Å²) in [4.78, 5) is 6.08. The number of allylic oxidation sites excluding steroid dienone is 2. The number of aliphatic hydroxyl groups is 6. The van der Waals surface area contributed by atoms with E-state index < -0.39 is 0 Å². The lowest BCUT2D eigenvalue weighted by molar-refractivity contribution is 0.159. The summed E-state index contributed by atoms with van der Waals surface area (Å²) in [6.45, 7) is 11.5. The second-order valence-electron chi connectivity index (χ2n) is 11.6. The largest absolute Gasteiger partial charge is 0.395 e. The maximum absolute atomic E-state index is 8.97. The summed E-state index contributed by atoms with van der Waals surface area (Å²) in [5, 5.41) is 51.9. The number of rotatable bonds is 31. The van der Waals surface area contributed by atoms with Crippen LogP contribution in [0.25, 0.3) is 0 Å². The molecule has 0 aliphatic carbocycles. The molecule has 0 fully saturated rings. The van der Waals surface area contributed by atoms with E-state index in [0.29, 0.717) is 39.3 Å². The Morgan fingerprint density at radius 1 is 0.364 bits per heavy atom. The number of aliphatic hydroxyl groups excluding tert-OH is 6. The summed E-state index contributed by atoms with van der Waals surface area (Å²) in [6.07, 6.45) is 25.7. The topological polar surface area (TPSA) is 131 Å². The van der Waals surface area contributed by atoms with Gasteiger partial charge in [0.2, 0.25) is 0 Å². The van der Waals surface area contributed by atoms with Crippen LogP contribution in [0.5, 0.6) is 0 Å². The van der Waals surface area contributed by atoms with Crippen molar-refractivity contribution in [2.75, 3.05) is 99.0 Å². The van der Waals surface area contributed by atoms with Gasteiger partial charge in [0, 0.05) is 39.3 Å². The van der Waals surface area contributed by atoms with E-state index in [4.69, 9.17) is 30.6 Å². The Balaban J connectivity index is -0.000000722. The van der Waals surface area contributed by atoms with Gasteiger partial charge in [-0.1, -0.05) is 90.2 Å². The monoisotopic (exact) mass is 636 g/mol. The van der Waals surface area contributed by atoms with Crippen molar-refractivity contribution in [1.29, 1.82) is 0 Å². The summed E-state index contributed by atoms with van der Waals surface area (Å²) in [5.74, 6) is 0. The van der Waals surface area contributed by atoms with Crippen LogP contribution in [0.1, 0.15) is 117 Å². The van der Waals surface area contributed by atoms with Gasteiger partial charge in [0.25, 0.3) is 0 Å². The average molecular weight is 636 g/mol. The van der Waals surface area contributed by atoms with E-state index >= 15 is 0 Å². The molecule has 6 N–H and O–H groups in total. The molecule has 0 bridgehead atoms. The lowest BCUT2D eigenvalue weighted by Gasteiger charge is -2.19. The molecule has 9 heteroatoms. The highest BCUT2D eigenvalue weighted by atomic mass is 16.3. The van der Waals surface area contributed by atoms with E-state index in [1.807, 2.05) is 11.9 Å². The van der Waals surface area contributed by atoms with Gasteiger partial charge in [0.15, 0.2) is 0 Å². The molecule has 44 heavy (non-hydrogen) atoms. The van der Waals surface area contributed by atoms with Crippen molar-refractivity contribution < 1.29 is 30.6 Å². The Labute approximate surface area is 273 Å². The number of nitrogens with zero attached hydrogens (tertiary/aromatic N) is 3. The van der Waals surface area contributed by atoms with Crippen molar-refractivity contribution in [3.8, 4) is 0 Å². The van der Waals surface area contributed by atoms with E-state index in [2.05, 4.69) is 35.8 Å². The van der Waals surface area contributed by atoms with Crippen LogP contribution < -0.4 is 0 Å². The molecule has 0 aromatic heterocycles. The molecule has 0 rings (SSSR count). The Morgan fingerprint density at radius 3 is 1.05 bits per heavy atom. The van der Waals surface area contributed by atoms with Crippen molar-refractivity contribution in [2.45, 2.75) is 117 Å². The first kappa shape index (κ1) is 47.8. The molecule has 0 aliphatic rings. The molecule has 0 aliphatic heterocycles. The minimum atomic E-state index is 0.163. The molecule has 0 saturated carbocycles. The van der Waals surface area contributed by atoms with Gasteiger partial charge in [-0.25, -0.2) is 0 Å². The highest BCUT2D eigenvalue weighted by Gasteiger charge is 2.03. The number of hydrogen-bond acceptors (Lipinski definition) is 9. The zero-order valence-corrected chi connectivity index (χ0v) is 29.4. The van der Waals surface area contributed by atoms with E-state index in [0.717, 1.165) is 25.9 Å². The lowest BCUT2D eigenvalue weighted by atomic mass is 10.1. The summed E-state index contributed by atoms with van der Waals surface area (Å²) < 4.78 is 0. The van der Waals surface area contributed by atoms with E-state index in [1.165, 1.54) is 89.9 Å². The summed E-state index contributed by atoms with van der Waals surface area (Å²) in [5.41, 5.74) is 0. The molecule has 0 radical (unpaired) electrons. The fraction of sp³-hybridized carbons (Fsp3) is 0.943. The maximum atomic E-state index is 8.97. The molecule has 0 spiro atoms. The second kappa shape index (κ2) is 44.5. The molecule has 0 saturated heterocycles. The predicted molar refractivity (Wildman–Crippen MR) is 187 cm³/mol. The van der Waals surface area contributed by atoms with Crippen LogP contribution in [0.3, 0.4) is 0 Å². The molecule has 268 valence electrons. The zero-order valence-electron chi connectivity index (χ0n) is 29.4. The smallest absolute Gasteiger partial charge is 0.0558 e. The van der Waals surface area contributed by atoms with E-state index in [9.17, 15) is 0 Å². The van der Waals surface area contributed by atoms with Crippen molar-refractivity contribution in [1.82, 2.24) is 14.7 Å². The Bertz CT molecular complexity index is 499. The van der Waals surface area contributed by atoms with Crippen LogP contribution >= 0.6 is 0 Å². The third kappa shape index (κ3) is 43.5. The number of unbranched alkanes of at least 4 members (excludes halogenated alkanes) is 13. The summed E-state index contributed by atoms with van der Waals surface area (Å²) in [7, 11) is 1.85.